The molecule has 0 aromatic heterocycles. The Balaban J connectivity index is 0.000000235. The number of para-hydroxylation sites is 2. The fourth-order valence-corrected chi connectivity index (χ4v) is 2.63. The Hall–Kier alpha value is -1.27. The van der Waals surface area contributed by atoms with Crippen LogP contribution in [0.25, 0.3) is 0 Å². The van der Waals surface area contributed by atoms with E-state index in [0.29, 0.717) is 11.4 Å². The number of halogens is 2. The Bertz CT molecular complexity index is 551. The van der Waals surface area contributed by atoms with E-state index in [4.69, 9.17) is 17.2 Å². The molecule has 6 N–H and O–H groups in total. The normalized spacial score (nSPS) is 23.8. The van der Waals surface area contributed by atoms with Crippen LogP contribution in [0.1, 0.15) is 13.3 Å². The first-order chi connectivity index (χ1) is 9.81. The highest BCUT2D eigenvalue weighted by Gasteiger charge is 2.38. The Morgan fingerprint density at radius 2 is 1.81 bits per heavy atom. The Morgan fingerprint density at radius 1 is 1.29 bits per heavy atom. The van der Waals surface area contributed by atoms with Crippen molar-refractivity contribution >= 4 is 49.1 Å². The summed E-state index contributed by atoms with van der Waals surface area (Å²) in [5.41, 5.74) is 18.6. The van der Waals surface area contributed by atoms with Crippen molar-refractivity contribution in [1.82, 2.24) is 0 Å². The number of hydrogen-bond acceptors (Lipinski definition) is 3. The van der Waals surface area contributed by atoms with E-state index in [9.17, 15) is 4.79 Å². The molecular formula is C15H19Br2N3O. The monoisotopic (exact) mass is 415 g/mol. The molecule has 0 bridgehead atoms. The highest BCUT2D eigenvalue weighted by atomic mass is 79.9. The summed E-state index contributed by atoms with van der Waals surface area (Å²) in [5, 5.41) is 0. The van der Waals surface area contributed by atoms with Crippen LogP contribution in [0.3, 0.4) is 0 Å². The SMILES string of the molecule is CCC1=CC(Br)C(Br)(C(N)=O)C=C1.Nc1ccccc1N. The summed E-state index contributed by atoms with van der Waals surface area (Å²) in [4.78, 5) is 11.1. The summed E-state index contributed by atoms with van der Waals surface area (Å²) >= 11 is 6.75. The minimum atomic E-state index is -0.772. The van der Waals surface area contributed by atoms with Crippen LogP contribution in [0.4, 0.5) is 11.4 Å². The maximum absolute atomic E-state index is 11.1. The lowest BCUT2D eigenvalue weighted by Crippen LogP contribution is -2.44. The average molecular weight is 417 g/mol. The molecule has 6 heteroatoms. The Morgan fingerprint density at radius 3 is 2.14 bits per heavy atom. The molecule has 1 aliphatic carbocycles. The maximum Gasteiger partial charge on any atom is 0.239 e. The summed E-state index contributed by atoms with van der Waals surface area (Å²) in [7, 11) is 0. The molecule has 2 unspecified atom stereocenters. The van der Waals surface area contributed by atoms with Gasteiger partial charge in [-0.3, -0.25) is 4.79 Å². The third-order valence-corrected chi connectivity index (χ3v) is 5.83. The van der Waals surface area contributed by atoms with E-state index < -0.39 is 4.32 Å². The van der Waals surface area contributed by atoms with Crippen molar-refractivity contribution in [2.75, 3.05) is 11.5 Å². The van der Waals surface area contributed by atoms with Crippen molar-refractivity contribution in [2.24, 2.45) is 5.73 Å². The molecule has 114 valence electrons. The molecule has 21 heavy (non-hydrogen) atoms. The third-order valence-electron chi connectivity index (χ3n) is 3.08. The van der Waals surface area contributed by atoms with Crippen LogP contribution < -0.4 is 17.2 Å². The first-order valence-electron chi connectivity index (χ1n) is 6.44. The van der Waals surface area contributed by atoms with Gasteiger partial charge in [0.15, 0.2) is 0 Å². The zero-order valence-corrected chi connectivity index (χ0v) is 14.9. The van der Waals surface area contributed by atoms with Crippen molar-refractivity contribution < 1.29 is 4.79 Å². The summed E-state index contributed by atoms with van der Waals surface area (Å²) in [6.07, 6.45) is 6.69. The highest BCUT2D eigenvalue weighted by molar-refractivity contribution is 9.13. The molecule has 0 saturated heterocycles. The van der Waals surface area contributed by atoms with E-state index in [1.165, 1.54) is 5.57 Å². The molecular weight excluding hydrogens is 398 g/mol. The van der Waals surface area contributed by atoms with Crippen LogP contribution in [0.15, 0.2) is 48.1 Å². The van der Waals surface area contributed by atoms with Gasteiger partial charge < -0.3 is 17.2 Å². The second kappa shape index (κ2) is 7.66. The fourth-order valence-electron chi connectivity index (χ4n) is 1.65. The van der Waals surface area contributed by atoms with E-state index in [1.807, 2.05) is 24.3 Å². The second-order valence-corrected chi connectivity index (χ2v) is 6.89. The van der Waals surface area contributed by atoms with Crippen LogP contribution >= 0.6 is 31.9 Å². The van der Waals surface area contributed by atoms with Crippen LogP contribution in [-0.4, -0.2) is 15.1 Å². The number of alkyl halides is 2. The smallest absolute Gasteiger partial charge is 0.239 e. The van der Waals surface area contributed by atoms with Gasteiger partial charge >= 0.3 is 0 Å². The predicted molar refractivity (Wildman–Crippen MR) is 96.3 cm³/mol. The quantitative estimate of drug-likeness (QED) is 0.510. The molecule has 0 heterocycles. The standard InChI is InChI=1S/C9H11Br2NO.C6H8N2/c1-2-6-3-4-9(11,8(12)13)7(10)5-6;7-5-3-1-2-4-6(5)8/h3-5,7H,2H2,1H3,(H2,12,13);1-4H,7-8H2. The first-order valence-corrected chi connectivity index (χ1v) is 8.15. The number of primary amides is 1. The molecule has 0 fully saturated rings. The lowest BCUT2D eigenvalue weighted by molar-refractivity contribution is -0.118. The van der Waals surface area contributed by atoms with Crippen LogP contribution in [-0.2, 0) is 4.79 Å². The minimum absolute atomic E-state index is 0.0718. The number of allylic oxidation sites excluding steroid dienone is 3. The topological polar surface area (TPSA) is 95.1 Å². The molecule has 0 spiro atoms. The van der Waals surface area contributed by atoms with Crippen LogP contribution in [0.5, 0.6) is 0 Å². The van der Waals surface area contributed by atoms with E-state index in [2.05, 4.69) is 38.8 Å². The number of nitrogen functional groups attached to an aromatic ring is 2. The largest absolute Gasteiger partial charge is 0.397 e. The van der Waals surface area contributed by atoms with Gasteiger partial charge in [-0.1, -0.05) is 74.7 Å². The molecule has 1 aromatic rings. The summed E-state index contributed by atoms with van der Waals surface area (Å²) < 4.78 is -0.772. The molecule has 0 aliphatic heterocycles. The van der Waals surface area contributed by atoms with Gasteiger partial charge in [0, 0.05) is 0 Å². The van der Waals surface area contributed by atoms with E-state index >= 15 is 0 Å². The summed E-state index contributed by atoms with van der Waals surface area (Å²) in [5.74, 6) is -0.378. The summed E-state index contributed by atoms with van der Waals surface area (Å²) in [6, 6.07) is 7.25. The van der Waals surface area contributed by atoms with E-state index in [1.54, 1.807) is 18.2 Å². The summed E-state index contributed by atoms with van der Waals surface area (Å²) in [6.45, 7) is 2.07. The van der Waals surface area contributed by atoms with Gasteiger partial charge in [0.05, 0.1) is 16.2 Å². The zero-order chi connectivity index (χ0) is 16.0. The van der Waals surface area contributed by atoms with Crippen LogP contribution in [0, 0.1) is 0 Å². The molecule has 1 aliphatic rings. The molecule has 1 aromatic carbocycles. The fraction of sp³-hybridized carbons (Fsp3) is 0.267. The van der Waals surface area contributed by atoms with E-state index in [-0.39, 0.29) is 10.7 Å². The van der Waals surface area contributed by atoms with Gasteiger partial charge in [0.25, 0.3) is 0 Å². The molecule has 2 rings (SSSR count). The number of hydrogen-bond donors (Lipinski definition) is 3. The molecule has 4 nitrogen and oxygen atoms in total. The van der Waals surface area contributed by atoms with Crippen molar-refractivity contribution in [1.29, 1.82) is 0 Å². The molecule has 0 radical (unpaired) electrons. The molecule has 2 atom stereocenters. The highest BCUT2D eigenvalue weighted by Crippen LogP contribution is 2.35. The van der Waals surface area contributed by atoms with Crippen molar-refractivity contribution in [3.63, 3.8) is 0 Å². The zero-order valence-electron chi connectivity index (χ0n) is 11.7. The van der Waals surface area contributed by atoms with Crippen LogP contribution in [0.2, 0.25) is 0 Å². The number of nitrogens with two attached hydrogens (primary N) is 3. The van der Waals surface area contributed by atoms with Gasteiger partial charge in [-0.25, -0.2) is 0 Å². The average Bonchev–Trinajstić information content (AvgIpc) is 2.45. The predicted octanol–water partition coefficient (Wildman–Crippen LogP) is 3.13. The molecule has 0 saturated carbocycles. The third kappa shape index (κ3) is 4.61. The number of anilines is 2. The Labute approximate surface area is 141 Å². The van der Waals surface area contributed by atoms with Crippen molar-refractivity contribution in [2.45, 2.75) is 22.5 Å². The number of benzene rings is 1. The Kier molecular flexibility index (Phi) is 6.48. The van der Waals surface area contributed by atoms with Gasteiger partial charge in [-0.15, -0.1) is 0 Å². The number of amides is 1. The number of carbonyl (C=O) groups excluding carboxylic acids is 1. The van der Waals surface area contributed by atoms with Gasteiger partial charge in [-0.05, 0) is 18.6 Å². The molecule has 1 amide bonds. The van der Waals surface area contributed by atoms with Crippen molar-refractivity contribution in [3.8, 4) is 0 Å². The lowest BCUT2D eigenvalue weighted by Gasteiger charge is -2.27. The van der Waals surface area contributed by atoms with Crippen molar-refractivity contribution in [3.05, 3.63) is 48.1 Å². The first kappa shape index (κ1) is 17.8. The second-order valence-electron chi connectivity index (χ2n) is 4.59. The van der Waals surface area contributed by atoms with Gasteiger partial charge in [-0.2, -0.15) is 0 Å². The van der Waals surface area contributed by atoms with E-state index in [0.717, 1.165) is 6.42 Å². The van der Waals surface area contributed by atoms with Gasteiger partial charge in [0.1, 0.15) is 4.32 Å². The lowest BCUT2D eigenvalue weighted by atomic mass is 9.95. The number of carbonyl (C=O) groups is 1. The maximum atomic E-state index is 11.1. The van der Waals surface area contributed by atoms with Gasteiger partial charge in [0.2, 0.25) is 5.91 Å². The minimum Gasteiger partial charge on any atom is -0.397 e. The number of rotatable bonds is 2.